The van der Waals surface area contributed by atoms with Crippen molar-refractivity contribution in [3.05, 3.63) is 42.0 Å². The van der Waals surface area contributed by atoms with Gasteiger partial charge in [-0.15, -0.1) is 0 Å². The largest absolute Gasteiger partial charge is 1.00 e. The van der Waals surface area contributed by atoms with Crippen LogP contribution in [-0.2, 0) is 21.3 Å². The summed E-state index contributed by atoms with van der Waals surface area (Å²) in [6.07, 6.45) is 9.24. The average Bonchev–Trinajstić information content (AvgIpc) is 2.71. The number of hydrogen-bond donors (Lipinski definition) is 0. The molecule has 0 saturated heterocycles. The summed E-state index contributed by atoms with van der Waals surface area (Å²) in [4.78, 5) is 0. The Bertz CT molecular complexity index is 425. The summed E-state index contributed by atoms with van der Waals surface area (Å²) in [5.74, 6) is 1.28. The molecule has 0 aliphatic heterocycles. The van der Waals surface area contributed by atoms with Gasteiger partial charge in [0.1, 0.15) is 0 Å². The first-order valence-electron chi connectivity index (χ1n) is 6.00. The zero-order valence-electron chi connectivity index (χ0n) is 11.4. The Labute approximate surface area is 131 Å². The topological polar surface area (TPSA) is 0 Å². The van der Waals surface area contributed by atoms with E-state index in [1.165, 1.54) is 11.1 Å². The Balaban J connectivity index is 0.00000144. The van der Waals surface area contributed by atoms with Gasteiger partial charge in [0.05, 0.1) is 0 Å². The third-order valence-corrected chi connectivity index (χ3v) is 11.1. The van der Waals surface area contributed by atoms with E-state index in [2.05, 4.69) is 56.2 Å². The van der Waals surface area contributed by atoms with E-state index in [1.54, 1.807) is 6.56 Å². The van der Waals surface area contributed by atoms with Gasteiger partial charge in [-0.25, -0.2) is 0 Å². The van der Waals surface area contributed by atoms with Crippen LogP contribution in [0.3, 0.4) is 0 Å². The predicted octanol–water partition coefficient (Wildman–Crippen LogP) is -2.00. The Morgan fingerprint density at radius 1 is 0.889 bits per heavy atom. The fourth-order valence-electron chi connectivity index (χ4n) is 2.84. The molecule has 2 unspecified atom stereocenters. The normalized spacial score (nSPS) is 24.8. The van der Waals surface area contributed by atoms with Gasteiger partial charge >= 0.3 is 107 Å². The van der Waals surface area contributed by atoms with E-state index in [4.69, 9.17) is 0 Å². The van der Waals surface area contributed by atoms with Crippen LogP contribution in [0.25, 0.3) is 0 Å². The smallest absolute Gasteiger partial charge is 1.00 e. The van der Waals surface area contributed by atoms with Gasteiger partial charge in [-0.05, 0) is 0 Å². The number of rotatable bonds is 2. The summed E-state index contributed by atoms with van der Waals surface area (Å²) in [5.41, 5.74) is 2.99. The SMILES string of the molecule is [CH2]=[Zr+2]([C]1=C(C)C=CC1C)[C]1=C(C)C=CC1C.[Cl-].[Cl-]. The van der Waals surface area contributed by atoms with E-state index in [9.17, 15) is 0 Å². The van der Waals surface area contributed by atoms with Gasteiger partial charge in [0.25, 0.3) is 0 Å². The second-order valence-electron chi connectivity index (χ2n) is 4.97. The molecule has 0 aromatic carbocycles. The molecule has 18 heavy (non-hydrogen) atoms. The van der Waals surface area contributed by atoms with Gasteiger partial charge in [0, 0.05) is 0 Å². The minimum atomic E-state index is -1.78. The van der Waals surface area contributed by atoms with Crippen molar-refractivity contribution in [2.75, 3.05) is 0 Å². The molecule has 0 N–H and O–H groups in total. The zero-order chi connectivity index (χ0) is 11.9. The van der Waals surface area contributed by atoms with Gasteiger partial charge < -0.3 is 24.8 Å². The van der Waals surface area contributed by atoms with E-state index >= 15 is 0 Å². The summed E-state index contributed by atoms with van der Waals surface area (Å²) in [6, 6.07) is 0. The monoisotopic (exact) mass is 360 g/mol. The number of halogens is 2. The summed E-state index contributed by atoms with van der Waals surface area (Å²) < 4.78 is 8.01. The molecule has 0 amide bonds. The molecule has 0 spiro atoms. The van der Waals surface area contributed by atoms with Crippen molar-refractivity contribution < 1.29 is 46.1 Å². The van der Waals surface area contributed by atoms with E-state index < -0.39 is 21.3 Å². The van der Waals surface area contributed by atoms with Gasteiger partial charge in [-0.2, -0.15) is 0 Å². The van der Waals surface area contributed by atoms with Gasteiger partial charge in [0.15, 0.2) is 0 Å². The molecule has 2 rings (SSSR count). The first-order valence-corrected chi connectivity index (χ1v) is 10.2. The molecule has 0 fully saturated rings. The molecule has 0 bridgehead atoms. The third-order valence-electron chi connectivity index (χ3n) is 3.68. The molecule has 2 atom stereocenters. The average molecular weight is 362 g/mol. The van der Waals surface area contributed by atoms with Crippen LogP contribution in [0.2, 0.25) is 0 Å². The Kier molecular flexibility index (Phi) is 7.29. The first kappa shape index (κ1) is 18.3. The second kappa shape index (κ2) is 7.18. The Morgan fingerprint density at radius 2 is 1.22 bits per heavy atom. The Morgan fingerprint density at radius 3 is 1.44 bits per heavy atom. The van der Waals surface area contributed by atoms with E-state index in [1.807, 2.05) is 0 Å². The molecule has 2 aliphatic carbocycles. The maximum Gasteiger partial charge on any atom is -1.00 e. The van der Waals surface area contributed by atoms with Crippen LogP contribution in [0.5, 0.6) is 0 Å². The minimum absolute atomic E-state index is 0. The first-order chi connectivity index (χ1) is 7.52. The van der Waals surface area contributed by atoms with Crippen molar-refractivity contribution in [1.29, 1.82) is 0 Å². The van der Waals surface area contributed by atoms with Gasteiger partial charge in [0.2, 0.25) is 0 Å². The van der Waals surface area contributed by atoms with Crippen molar-refractivity contribution in [3.8, 4) is 0 Å². The van der Waals surface area contributed by atoms with Crippen molar-refractivity contribution in [2.45, 2.75) is 27.7 Å². The molecule has 0 aromatic rings. The van der Waals surface area contributed by atoms with Crippen molar-refractivity contribution in [1.82, 2.24) is 0 Å². The minimum Gasteiger partial charge on any atom is -1.00 e. The van der Waals surface area contributed by atoms with Crippen molar-refractivity contribution in [3.63, 3.8) is 0 Å². The zero-order valence-corrected chi connectivity index (χ0v) is 15.4. The molecule has 98 valence electrons. The van der Waals surface area contributed by atoms with Crippen LogP contribution < -0.4 is 24.8 Å². The maximum atomic E-state index is 4.60. The van der Waals surface area contributed by atoms with Crippen LogP contribution in [0.15, 0.2) is 42.0 Å². The molecule has 3 heteroatoms. The quantitative estimate of drug-likeness (QED) is 0.533. The van der Waals surface area contributed by atoms with Crippen molar-refractivity contribution >= 4 is 4.21 Å². The van der Waals surface area contributed by atoms with Crippen LogP contribution in [-0.4, -0.2) is 4.21 Å². The molecule has 0 heterocycles. The molecular formula is C15H20Cl2Zr. The molecule has 0 aromatic heterocycles. The predicted molar refractivity (Wildman–Crippen MR) is 69.1 cm³/mol. The molecule has 0 nitrogen and oxygen atoms in total. The fraction of sp³-hybridized carbons (Fsp3) is 0.400. The number of allylic oxidation sites excluding steroid dienone is 8. The Hall–Kier alpha value is 0.293. The van der Waals surface area contributed by atoms with Crippen LogP contribution >= 0.6 is 0 Å². The summed E-state index contributed by atoms with van der Waals surface area (Å²) in [7, 11) is 0. The number of hydrogen-bond acceptors (Lipinski definition) is 0. The molecule has 0 radical (unpaired) electrons. The standard InChI is InChI=1S/2C7H9.CH2.2ClH.Zr/c2*1-6-3-4-7(2)5-6;;;;/h2*3-4,6H,1-2H3;1H2;2*1H;/q;;;;;+2/p-2. The third kappa shape index (κ3) is 3.24. The van der Waals surface area contributed by atoms with Crippen molar-refractivity contribution in [2.24, 2.45) is 11.8 Å². The fourth-order valence-corrected chi connectivity index (χ4v) is 9.48. The van der Waals surface area contributed by atoms with Crippen LogP contribution in [0.4, 0.5) is 0 Å². The maximum absolute atomic E-state index is 4.60. The summed E-state index contributed by atoms with van der Waals surface area (Å²) >= 11 is -1.78. The van der Waals surface area contributed by atoms with E-state index in [0.29, 0.717) is 11.8 Å². The summed E-state index contributed by atoms with van der Waals surface area (Å²) in [5, 5.41) is 0. The van der Waals surface area contributed by atoms with Crippen LogP contribution in [0, 0.1) is 11.8 Å². The second-order valence-corrected chi connectivity index (χ2v) is 9.97. The summed E-state index contributed by atoms with van der Waals surface area (Å²) in [6.45, 7) is 9.14. The molecule has 0 saturated carbocycles. The molecular weight excluding hydrogens is 342 g/mol. The van der Waals surface area contributed by atoms with Crippen LogP contribution in [0.1, 0.15) is 27.7 Å². The van der Waals surface area contributed by atoms with E-state index in [0.717, 1.165) is 0 Å². The van der Waals surface area contributed by atoms with E-state index in [-0.39, 0.29) is 24.8 Å². The molecule has 2 aliphatic rings. The van der Waals surface area contributed by atoms with Gasteiger partial charge in [-0.3, -0.25) is 0 Å². The van der Waals surface area contributed by atoms with Gasteiger partial charge in [-0.1, -0.05) is 0 Å².